The second-order valence-electron chi connectivity index (χ2n) is 9.63. The zero-order chi connectivity index (χ0) is 25.0. The summed E-state index contributed by atoms with van der Waals surface area (Å²) in [4.78, 5) is 29.1. The third kappa shape index (κ3) is 6.11. The van der Waals surface area contributed by atoms with Gasteiger partial charge in [-0.3, -0.25) is 14.5 Å². The zero-order valence-electron chi connectivity index (χ0n) is 20.6. The van der Waals surface area contributed by atoms with E-state index >= 15 is 0 Å². The highest BCUT2D eigenvalue weighted by molar-refractivity contribution is 7.91. The molecule has 8 heteroatoms. The van der Waals surface area contributed by atoms with Crippen molar-refractivity contribution in [3.05, 3.63) is 59.7 Å². The summed E-state index contributed by atoms with van der Waals surface area (Å²) in [6, 6.07) is 15.4. The van der Waals surface area contributed by atoms with Crippen LogP contribution >= 0.6 is 0 Å². The Kier molecular flexibility index (Phi) is 7.91. The van der Waals surface area contributed by atoms with Crippen LogP contribution in [0, 0.1) is 0 Å². The summed E-state index contributed by atoms with van der Waals surface area (Å²) >= 11 is 0. The molecule has 188 valence electrons. The molecule has 0 bridgehead atoms. The molecule has 1 saturated heterocycles. The van der Waals surface area contributed by atoms with E-state index in [4.69, 9.17) is 0 Å². The lowest BCUT2D eigenvalue weighted by Gasteiger charge is -2.32. The molecule has 0 spiro atoms. The molecule has 0 aliphatic carbocycles. The fourth-order valence-corrected chi connectivity index (χ4v) is 6.36. The number of piperidine rings is 1. The largest absolute Gasteiger partial charge is 0.353 e. The van der Waals surface area contributed by atoms with Crippen molar-refractivity contribution in [1.29, 1.82) is 0 Å². The fraction of sp³-hybridized carbons (Fsp3) is 0.481. The van der Waals surface area contributed by atoms with E-state index in [2.05, 4.69) is 22.3 Å². The molecular formula is C27H35N3O4S. The molecule has 1 N–H and O–H groups in total. The van der Waals surface area contributed by atoms with E-state index in [1.54, 1.807) is 23.1 Å². The van der Waals surface area contributed by atoms with Crippen LogP contribution in [0.4, 0.5) is 5.69 Å². The minimum atomic E-state index is -3.59. The predicted molar refractivity (Wildman–Crippen MR) is 137 cm³/mol. The number of carbonyl (C=O) groups excluding carboxylic acids is 2. The van der Waals surface area contributed by atoms with Gasteiger partial charge in [-0.2, -0.15) is 0 Å². The Morgan fingerprint density at radius 2 is 1.77 bits per heavy atom. The number of amides is 2. The van der Waals surface area contributed by atoms with Gasteiger partial charge in [0.1, 0.15) is 0 Å². The van der Waals surface area contributed by atoms with Crippen LogP contribution in [0.5, 0.6) is 0 Å². The van der Waals surface area contributed by atoms with Crippen molar-refractivity contribution in [2.45, 2.75) is 69.5 Å². The first-order valence-corrected chi connectivity index (χ1v) is 14.2. The maximum absolute atomic E-state index is 12.9. The standard InChI is InChI=1S/C27H35N3O4S/c1-3-27(32)30-20(2)17-22-18-24(9-10-25(22)30)35(33,34)16-13-26(31)28-23-11-14-29(15-12-23)19-21-7-5-4-6-8-21/h4-10,18,20,23H,3,11-17,19H2,1-2H3,(H,28,31)/t20-/m0/s1. The summed E-state index contributed by atoms with van der Waals surface area (Å²) in [7, 11) is -3.59. The van der Waals surface area contributed by atoms with Crippen molar-refractivity contribution in [2.75, 3.05) is 23.7 Å². The summed E-state index contributed by atoms with van der Waals surface area (Å²) in [6.45, 7) is 6.51. The first kappa shape index (κ1) is 25.4. The van der Waals surface area contributed by atoms with Crippen LogP contribution in [0.25, 0.3) is 0 Å². The van der Waals surface area contributed by atoms with Gasteiger partial charge < -0.3 is 10.2 Å². The summed E-state index contributed by atoms with van der Waals surface area (Å²) in [5.41, 5.74) is 2.94. The summed E-state index contributed by atoms with van der Waals surface area (Å²) in [6.07, 6.45) is 2.71. The van der Waals surface area contributed by atoms with Gasteiger partial charge in [0.2, 0.25) is 11.8 Å². The predicted octanol–water partition coefficient (Wildman–Crippen LogP) is 3.32. The van der Waals surface area contributed by atoms with E-state index in [9.17, 15) is 18.0 Å². The number of likely N-dealkylation sites (tertiary alicyclic amines) is 1. The summed E-state index contributed by atoms with van der Waals surface area (Å²) in [5, 5.41) is 3.03. The molecule has 0 aromatic heterocycles. The maximum atomic E-state index is 12.9. The Balaban J connectivity index is 1.27. The molecule has 0 saturated carbocycles. The van der Waals surface area contributed by atoms with Crippen molar-refractivity contribution < 1.29 is 18.0 Å². The monoisotopic (exact) mass is 497 g/mol. The van der Waals surface area contributed by atoms with Gasteiger partial charge in [0, 0.05) is 50.2 Å². The van der Waals surface area contributed by atoms with Crippen LogP contribution in [-0.2, 0) is 32.4 Å². The van der Waals surface area contributed by atoms with Crippen molar-refractivity contribution in [2.24, 2.45) is 0 Å². The Hall–Kier alpha value is -2.71. The second-order valence-corrected chi connectivity index (χ2v) is 11.7. The van der Waals surface area contributed by atoms with Crippen LogP contribution in [0.2, 0.25) is 0 Å². The van der Waals surface area contributed by atoms with E-state index in [0.717, 1.165) is 43.7 Å². The van der Waals surface area contributed by atoms with E-state index in [1.807, 2.05) is 32.0 Å². The number of fused-ring (bicyclic) bond motifs is 1. The third-order valence-corrected chi connectivity index (χ3v) is 8.71. The fourth-order valence-electron chi connectivity index (χ4n) is 5.07. The van der Waals surface area contributed by atoms with Crippen LogP contribution in [-0.4, -0.2) is 56.1 Å². The number of carbonyl (C=O) groups is 2. The minimum absolute atomic E-state index is 0.0142. The smallest absolute Gasteiger partial charge is 0.226 e. The average molecular weight is 498 g/mol. The number of benzene rings is 2. The molecule has 0 radical (unpaired) electrons. The van der Waals surface area contributed by atoms with E-state index < -0.39 is 9.84 Å². The van der Waals surface area contributed by atoms with E-state index in [0.29, 0.717) is 12.8 Å². The molecule has 0 unspecified atom stereocenters. The van der Waals surface area contributed by atoms with E-state index in [-0.39, 0.29) is 41.0 Å². The first-order valence-electron chi connectivity index (χ1n) is 12.5. The SMILES string of the molecule is CCC(=O)N1c2ccc(S(=O)(=O)CCC(=O)NC3CCN(Cc4ccccc4)CC3)cc2C[C@@H]1C. The lowest BCUT2D eigenvalue weighted by Crippen LogP contribution is -2.44. The van der Waals surface area contributed by atoms with Gasteiger partial charge in [-0.25, -0.2) is 8.42 Å². The molecule has 2 aromatic rings. The Morgan fingerprint density at radius 1 is 1.06 bits per heavy atom. The average Bonchev–Trinajstić information content (AvgIpc) is 3.19. The quantitative estimate of drug-likeness (QED) is 0.605. The van der Waals surface area contributed by atoms with E-state index in [1.165, 1.54) is 5.56 Å². The lowest BCUT2D eigenvalue weighted by atomic mass is 10.0. The lowest BCUT2D eigenvalue weighted by molar-refractivity contribution is -0.121. The molecule has 2 amide bonds. The number of hydrogen-bond acceptors (Lipinski definition) is 5. The number of sulfone groups is 1. The Bertz CT molecular complexity index is 1160. The zero-order valence-corrected chi connectivity index (χ0v) is 21.4. The summed E-state index contributed by atoms with van der Waals surface area (Å²) < 4.78 is 25.9. The highest BCUT2D eigenvalue weighted by Gasteiger charge is 2.31. The topological polar surface area (TPSA) is 86.8 Å². The molecule has 35 heavy (non-hydrogen) atoms. The minimum Gasteiger partial charge on any atom is -0.353 e. The number of nitrogens with zero attached hydrogens (tertiary/aromatic N) is 2. The molecule has 1 atom stereocenters. The number of anilines is 1. The number of hydrogen-bond donors (Lipinski definition) is 1. The Morgan fingerprint density at radius 3 is 2.46 bits per heavy atom. The van der Waals surface area contributed by atoms with Crippen LogP contribution in [0.3, 0.4) is 0 Å². The second kappa shape index (κ2) is 10.9. The van der Waals surface area contributed by atoms with Crippen molar-refractivity contribution in [1.82, 2.24) is 10.2 Å². The summed E-state index contributed by atoms with van der Waals surface area (Å²) in [5.74, 6) is -0.406. The molecule has 2 aliphatic rings. The highest BCUT2D eigenvalue weighted by atomic mass is 32.2. The van der Waals surface area contributed by atoms with Crippen molar-refractivity contribution in [3.8, 4) is 0 Å². The highest BCUT2D eigenvalue weighted by Crippen LogP contribution is 2.34. The normalized spacial score (nSPS) is 18.9. The van der Waals surface area contributed by atoms with Crippen LogP contribution in [0.1, 0.15) is 50.7 Å². The van der Waals surface area contributed by atoms with Gasteiger partial charge in [-0.15, -0.1) is 0 Å². The number of nitrogens with one attached hydrogen (secondary N) is 1. The third-order valence-electron chi connectivity index (χ3n) is 7.00. The van der Waals surface area contributed by atoms with Crippen LogP contribution < -0.4 is 10.2 Å². The van der Waals surface area contributed by atoms with Gasteiger partial charge in [-0.05, 0) is 55.5 Å². The van der Waals surface area contributed by atoms with Crippen molar-refractivity contribution in [3.63, 3.8) is 0 Å². The Labute approximate surface area is 208 Å². The molecular weight excluding hydrogens is 462 g/mol. The van der Waals surface area contributed by atoms with Gasteiger partial charge in [0.25, 0.3) is 0 Å². The molecule has 2 aliphatic heterocycles. The molecule has 2 aromatic carbocycles. The van der Waals surface area contributed by atoms with Gasteiger partial charge in [0.15, 0.2) is 9.84 Å². The maximum Gasteiger partial charge on any atom is 0.226 e. The van der Waals surface area contributed by atoms with Gasteiger partial charge in [-0.1, -0.05) is 37.3 Å². The van der Waals surface area contributed by atoms with Crippen molar-refractivity contribution >= 4 is 27.3 Å². The molecule has 1 fully saturated rings. The molecule has 7 nitrogen and oxygen atoms in total. The van der Waals surface area contributed by atoms with Crippen LogP contribution in [0.15, 0.2) is 53.4 Å². The first-order chi connectivity index (χ1) is 16.8. The van der Waals surface area contributed by atoms with Gasteiger partial charge in [0.05, 0.1) is 10.6 Å². The molecule has 2 heterocycles. The van der Waals surface area contributed by atoms with Gasteiger partial charge >= 0.3 is 0 Å². The number of rotatable bonds is 8. The molecule has 4 rings (SSSR count).